The molecule has 8 nitrogen and oxygen atoms in total. The van der Waals surface area contributed by atoms with Gasteiger partial charge in [0.15, 0.2) is 5.13 Å². The molecule has 0 saturated carbocycles. The first-order chi connectivity index (χ1) is 16.3. The second kappa shape index (κ2) is 11.7. The van der Waals surface area contributed by atoms with Gasteiger partial charge in [-0.15, -0.1) is 11.3 Å². The van der Waals surface area contributed by atoms with Gasteiger partial charge in [-0.25, -0.2) is 4.98 Å². The molecule has 2 aromatic heterocycles. The Morgan fingerprint density at radius 1 is 1.24 bits per heavy atom. The fraction of sp³-hybridized carbons (Fsp3) is 0.318. The number of carbonyl (C=O) groups excluding carboxylic acids is 2. The Morgan fingerprint density at radius 2 is 2.06 bits per heavy atom. The van der Waals surface area contributed by atoms with Crippen LogP contribution in [0.4, 0.5) is 24.0 Å². The highest BCUT2D eigenvalue weighted by molar-refractivity contribution is 7.14. The number of thiazole rings is 1. The first-order valence-electron chi connectivity index (χ1n) is 10.2. The quantitative estimate of drug-likeness (QED) is 0.385. The number of ether oxygens (including phenoxy) is 1. The Morgan fingerprint density at radius 3 is 2.76 bits per heavy atom. The zero-order valence-electron chi connectivity index (χ0n) is 18.2. The SMILES string of the molecule is COCCNC(=O)CCN(Cc1ccco1)C(=O)c1csc(Nc2cccc(C(F)(F)F)c2)n1. The molecule has 34 heavy (non-hydrogen) atoms. The molecule has 0 spiro atoms. The lowest BCUT2D eigenvalue weighted by atomic mass is 10.2. The lowest BCUT2D eigenvalue weighted by molar-refractivity contribution is -0.137. The number of halogens is 3. The van der Waals surface area contributed by atoms with Gasteiger partial charge in [0.25, 0.3) is 5.91 Å². The van der Waals surface area contributed by atoms with E-state index in [1.807, 2.05) is 0 Å². The Bertz CT molecular complexity index is 1090. The van der Waals surface area contributed by atoms with Gasteiger partial charge in [0, 0.05) is 37.7 Å². The van der Waals surface area contributed by atoms with Crippen molar-refractivity contribution in [3.05, 3.63) is 65.1 Å². The van der Waals surface area contributed by atoms with Crippen LogP contribution in [0.5, 0.6) is 0 Å². The molecular weight excluding hydrogens is 473 g/mol. The molecule has 3 rings (SSSR count). The molecule has 1 aromatic carbocycles. The predicted octanol–water partition coefficient (Wildman–Crippen LogP) is 4.29. The van der Waals surface area contributed by atoms with Gasteiger partial charge in [-0.3, -0.25) is 9.59 Å². The molecule has 182 valence electrons. The number of hydrogen-bond donors (Lipinski definition) is 2. The number of rotatable bonds is 11. The van der Waals surface area contributed by atoms with Gasteiger partial charge in [0.1, 0.15) is 11.5 Å². The standard InChI is InChI=1S/C22H23F3N4O4S/c1-32-11-8-26-19(30)7-9-29(13-17-6-3-10-33-17)20(31)18-14-34-21(28-18)27-16-5-2-4-15(12-16)22(23,24)25/h2-6,10,12,14H,7-9,11,13H2,1H3,(H,26,30)(H,27,28). The monoisotopic (exact) mass is 496 g/mol. The summed E-state index contributed by atoms with van der Waals surface area (Å²) < 4.78 is 49.0. The average Bonchev–Trinajstić information content (AvgIpc) is 3.48. The molecule has 3 aromatic rings. The molecule has 2 amide bonds. The molecule has 12 heteroatoms. The van der Waals surface area contributed by atoms with E-state index < -0.39 is 17.6 Å². The van der Waals surface area contributed by atoms with Crippen LogP contribution in [0, 0.1) is 0 Å². The number of nitrogens with one attached hydrogen (secondary N) is 2. The van der Waals surface area contributed by atoms with Crippen LogP contribution in [0.15, 0.2) is 52.5 Å². The zero-order valence-corrected chi connectivity index (χ0v) is 19.0. The van der Waals surface area contributed by atoms with Crippen LogP contribution in [0.3, 0.4) is 0 Å². The summed E-state index contributed by atoms with van der Waals surface area (Å²) in [7, 11) is 1.53. The molecule has 2 N–H and O–H groups in total. The number of carbonyl (C=O) groups is 2. The van der Waals surface area contributed by atoms with E-state index in [9.17, 15) is 22.8 Å². The Labute approximate surface area is 197 Å². The van der Waals surface area contributed by atoms with Crippen molar-refractivity contribution in [1.29, 1.82) is 0 Å². The van der Waals surface area contributed by atoms with Crippen molar-refractivity contribution in [2.45, 2.75) is 19.1 Å². The molecule has 0 fully saturated rings. The van der Waals surface area contributed by atoms with Crippen molar-refractivity contribution in [1.82, 2.24) is 15.2 Å². The van der Waals surface area contributed by atoms with Gasteiger partial charge < -0.3 is 24.7 Å². The van der Waals surface area contributed by atoms with Crippen molar-refractivity contribution in [2.24, 2.45) is 0 Å². The van der Waals surface area contributed by atoms with Crippen molar-refractivity contribution in [2.75, 3.05) is 32.1 Å². The molecular formula is C22H23F3N4O4S. The number of methoxy groups -OCH3 is 1. The highest BCUT2D eigenvalue weighted by atomic mass is 32.1. The first-order valence-corrected chi connectivity index (χ1v) is 11.1. The van der Waals surface area contributed by atoms with Gasteiger partial charge in [-0.05, 0) is 30.3 Å². The third-order valence-electron chi connectivity index (χ3n) is 4.62. The number of hydrogen-bond acceptors (Lipinski definition) is 7. The van der Waals surface area contributed by atoms with Gasteiger partial charge in [-0.1, -0.05) is 6.07 Å². The summed E-state index contributed by atoms with van der Waals surface area (Å²) >= 11 is 1.08. The number of benzene rings is 1. The number of alkyl halides is 3. The van der Waals surface area contributed by atoms with Crippen molar-refractivity contribution >= 4 is 34.0 Å². The van der Waals surface area contributed by atoms with Crippen molar-refractivity contribution < 1.29 is 31.9 Å². The van der Waals surface area contributed by atoms with Crippen molar-refractivity contribution in [3.8, 4) is 0 Å². The molecule has 0 radical (unpaired) electrons. The third-order valence-corrected chi connectivity index (χ3v) is 5.37. The highest BCUT2D eigenvalue weighted by Gasteiger charge is 2.30. The molecule has 0 aliphatic rings. The lowest BCUT2D eigenvalue weighted by Crippen LogP contribution is -2.35. The topological polar surface area (TPSA) is 96.7 Å². The Balaban J connectivity index is 1.68. The summed E-state index contributed by atoms with van der Waals surface area (Å²) in [5.74, 6) is -0.139. The second-order valence-electron chi connectivity index (χ2n) is 7.14. The van der Waals surface area contributed by atoms with Crippen LogP contribution >= 0.6 is 11.3 Å². The van der Waals surface area contributed by atoms with Crippen LogP contribution in [0.2, 0.25) is 0 Å². The molecule has 0 atom stereocenters. The first kappa shape index (κ1) is 25.2. The summed E-state index contributed by atoms with van der Waals surface area (Å²) in [6.45, 7) is 0.983. The van der Waals surface area contributed by atoms with Crippen LogP contribution in [-0.4, -0.2) is 48.5 Å². The summed E-state index contributed by atoms with van der Waals surface area (Å²) in [6.07, 6.45) is -2.92. The number of furan rings is 1. The van der Waals surface area contributed by atoms with Crippen LogP contribution in [0.1, 0.15) is 28.2 Å². The van der Waals surface area contributed by atoms with E-state index in [0.29, 0.717) is 18.9 Å². The summed E-state index contributed by atoms with van der Waals surface area (Å²) in [5.41, 5.74) is -0.493. The summed E-state index contributed by atoms with van der Waals surface area (Å²) in [6, 6.07) is 8.10. The fourth-order valence-corrected chi connectivity index (χ4v) is 3.65. The maximum absolute atomic E-state index is 13.1. The average molecular weight is 497 g/mol. The number of amides is 2. The minimum atomic E-state index is -4.47. The largest absolute Gasteiger partial charge is 0.467 e. The Hall–Kier alpha value is -3.38. The zero-order chi connectivity index (χ0) is 24.6. The van der Waals surface area contributed by atoms with Crippen LogP contribution in [0.25, 0.3) is 0 Å². The lowest BCUT2D eigenvalue weighted by Gasteiger charge is -2.20. The molecule has 2 heterocycles. The summed E-state index contributed by atoms with van der Waals surface area (Å²) in [5, 5.41) is 7.26. The highest BCUT2D eigenvalue weighted by Crippen LogP contribution is 2.32. The number of nitrogens with zero attached hydrogens (tertiary/aromatic N) is 2. The maximum Gasteiger partial charge on any atom is 0.416 e. The molecule has 0 aliphatic carbocycles. The normalized spacial score (nSPS) is 11.3. The smallest absolute Gasteiger partial charge is 0.416 e. The van der Waals surface area contributed by atoms with Crippen LogP contribution in [-0.2, 0) is 22.3 Å². The van der Waals surface area contributed by atoms with Gasteiger partial charge in [-0.2, -0.15) is 13.2 Å². The minimum absolute atomic E-state index is 0.0651. The van der Waals surface area contributed by atoms with E-state index in [1.165, 1.54) is 35.8 Å². The van der Waals surface area contributed by atoms with E-state index in [2.05, 4.69) is 15.6 Å². The van der Waals surface area contributed by atoms with Crippen molar-refractivity contribution in [3.63, 3.8) is 0 Å². The fourth-order valence-electron chi connectivity index (χ4n) is 2.95. The maximum atomic E-state index is 13.1. The van der Waals surface area contributed by atoms with Gasteiger partial charge in [0.2, 0.25) is 5.91 Å². The molecule has 0 aliphatic heterocycles. The Kier molecular flexibility index (Phi) is 8.66. The van der Waals surface area contributed by atoms with E-state index in [0.717, 1.165) is 23.5 Å². The van der Waals surface area contributed by atoms with E-state index in [4.69, 9.17) is 9.15 Å². The predicted molar refractivity (Wildman–Crippen MR) is 120 cm³/mol. The van der Waals surface area contributed by atoms with E-state index >= 15 is 0 Å². The molecule has 0 bridgehead atoms. The second-order valence-corrected chi connectivity index (χ2v) is 8.00. The van der Waals surface area contributed by atoms with E-state index in [1.54, 1.807) is 12.1 Å². The minimum Gasteiger partial charge on any atom is -0.467 e. The number of aromatic nitrogens is 1. The molecule has 0 saturated heterocycles. The van der Waals surface area contributed by atoms with Gasteiger partial charge in [0.05, 0.1) is 25.0 Å². The third kappa shape index (κ3) is 7.32. The number of anilines is 2. The van der Waals surface area contributed by atoms with Crippen LogP contribution < -0.4 is 10.6 Å². The summed E-state index contributed by atoms with van der Waals surface area (Å²) in [4.78, 5) is 30.8. The molecule has 0 unspecified atom stereocenters. The van der Waals surface area contributed by atoms with E-state index in [-0.39, 0.29) is 41.9 Å². The van der Waals surface area contributed by atoms with Gasteiger partial charge >= 0.3 is 6.18 Å².